The van der Waals surface area contributed by atoms with Crippen molar-refractivity contribution in [3.8, 4) is 5.75 Å². The molecular weight excluding hydrogens is 266 g/mol. The monoisotopic (exact) mass is 293 g/mol. The zero-order valence-corrected chi connectivity index (χ0v) is 13.7. The Morgan fingerprint density at radius 1 is 1.29 bits per heavy atom. The fraction of sp³-hybridized carbons (Fsp3) is 0.588. The van der Waals surface area contributed by atoms with Gasteiger partial charge in [0.25, 0.3) is 0 Å². The van der Waals surface area contributed by atoms with Crippen molar-refractivity contribution in [2.45, 2.75) is 53.1 Å². The Labute approximate surface area is 127 Å². The van der Waals surface area contributed by atoms with E-state index in [2.05, 4.69) is 18.3 Å². The van der Waals surface area contributed by atoms with Crippen molar-refractivity contribution in [1.82, 2.24) is 5.32 Å². The summed E-state index contributed by atoms with van der Waals surface area (Å²) in [5.74, 6) is 0.656. The Morgan fingerprint density at radius 2 is 2.00 bits per heavy atom. The Kier molecular flexibility index (Phi) is 7.23. The summed E-state index contributed by atoms with van der Waals surface area (Å²) in [6, 6.07) is 5.98. The molecule has 1 rings (SSSR count). The van der Waals surface area contributed by atoms with Gasteiger partial charge in [-0.15, -0.1) is 0 Å². The van der Waals surface area contributed by atoms with Crippen molar-refractivity contribution in [1.29, 1.82) is 0 Å². The smallest absolute Gasteiger partial charge is 0.323 e. The number of hydrogen-bond donors (Lipinski definition) is 1. The normalized spacial score (nSPS) is 12.3. The van der Waals surface area contributed by atoms with E-state index >= 15 is 0 Å². The molecule has 1 aromatic carbocycles. The van der Waals surface area contributed by atoms with Crippen LogP contribution in [-0.2, 0) is 9.53 Å². The van der Waals surface area contributed by atoms with Crippen LogP contribution in [0.4, 0.5) is 0 Å². The van der Waals surface area contributed by atoms with E-state index < -0.39 is 0 Å². The van der Waals surface area contributed by atoms with Crippen LogP contribution in [0.25, 0.3) is 0 Å². The van der Waals surface area contributed by atoms with Gasteiger partial charge in [-0.25, -0.2) is 0 Å². The maximum absolute atomic E-state index is 11.9. The van der Waals surface area contributed by atoms with Crippen LogP contribution in [0, 0.1) is 13.8 Å². The Balaban J connectivity index is 2.54. The standard InChI is InChI=1S/C17H27NO3/c1-6-20-17(19)15(18-12(2)3)9-10-21-16-8-7-13(4)11-14(16)5/h7-8,11-12,15,18H,6,9-10H2,1-5H3. The minimum absolute atomic E-state index is 0.213. The van der Waals surface area contributed by atoms with Gasteiger partial charge in [0.2, 0.25) is 0 Å². The van der Waals surface area contributed by atoms with Gasteiger partial charge in [0.1, 0.15) is 11.8 Å². The van der Waals surface area contributed by atoms with Crippen LogP contribution < -0.4 is 10.1 Å². The summed E-state index contributed by atoms with van der Waals surface area (Å²) >= 11 is 0. The summed E-state index contributed by atoms with van der Waals surface area (Å²) in [6.45, 7) is 10.8. The number of ether oxygens (including phenoxy) is 2. The van der Waals surface area contributed by atoms with E-state index in [4.69, 9.17) is 9.47 Å². The lowest BCUT2D eigenvalue weighted by molar-refractivity contribution is -0.146. The first kappa shape index (κ1) is 17.5. The fourth-order valence-electron chi connectivity index (χ4n) is 2.16. The fourth-order valence-corrected chi connectivity index (χ4v) is 2.16. The number of nitrogens with one attached hydrogen (secondary N) is 1. The molecule has 0 aliphatic rings. The molecule has 0 aliphatic carbocycles. The molecule has 0 aliphatic heterocycles. The topological polar surface area (TPSA) is 47.6 Å². The predicted molar refractivity (Wildman–Crippen MR) is 84.7 cm³/mol. The molecule has 0 saturated heterocycles. The summed E-state index contributed by atoms with van der Waals surface area (Å²) in [6.07, 6.45) is 0.588. The van der Waals surface area contributed by atoms with Crippen LogP contribution in [-0.4, -0.2) is 31.3 Å². The summed E-state index contributed by atoms with van der Waals surface area (Å²) in [5.41, 5.74) is 2.32. The molecule has 4 nitrogen and oxygen atoms in total. The van der Waals surface area contributed by atoms with Crippen LogP contribution in [0.5, 0.6) is 5.75 Å². The number of benzene rings is 1. The van der Waals surface area contributed by atoms with E-state index in [1.54, 1.807) is 0 Å². The third-order valence-electron chi connectivity index (χ3n) is 3.10. The zero-order chi connectivity index (χ0) is 15.8. The molecule has 0 heterocycles. The molecule has 21 heavy (non-hydrogen) atoms. The predicted octanol–water partition coefficient (Wildman–Crippen LogP) is 3.00. The molecule has 1 unspecified atom stereocenters. The van der Waals surface area contributed by atoms with E-state index in [9.17, 15) is 4.79 Å². The summed E-state index contributed by atoms with van der Waals surface area (Å²) in [4.78, 5) is 11.9. The first-order chi connectivity index (χ1) is 9.93. The van der Waals surface area contributed by atoms with Crippen LogP contribution in [0.3, 0.4) is 0 Å². The molecular formula is C17H27NO3. The molecule has 0 bridgehead atoms. The molecule has 1 N–H and O–H groups in total. The lowest BCUT2D eigenvalue weighted by atomic mass is 10.1. The Hall–Kier alpha value is -1.55. The summed E-state index contributed by atoms with van der Waals surface area (Å²) < 4.78 is 10.9. The molecule has 0 saturated carbocycles. The quantitative estimate of drug-likeness (QED) is 0.749. The highest BCUT2D eigenvalue weighted by atomic mass is 16.5. The second-order valence-electron chi connectivity index (χ2n) is 5.53. The highest BCUT2D eigenvalue weighted by Crippen LogP contribution is 2.19. The van der Waals surface area contributed by atoms with Gasteiger partial charge in [0.15, 0.2) is 0 Å². The van der Waals surface area contributed by atoms with Crippen molar-refractivity contribution in [2.75, 3.05) is 13.2 Å². The van der Waals surface area contributed by atoms with E-state index in [0.717, 1.165) is 11.3 Å². The SMILES string of the molecule is CCOC(=O)C(CCOc1ccc(C)cc1C)NC(C)C. The zero-order valence-electron chi connectivity index (χ0n) is 13.7. The van der Waals surface area contributed by atoms with E-state index in [1.807, 2.05) is 39.8 Å². The maximum atomic E-state index is 11.9. The van der Waals surface area contributed by atoms with Gasteiger partial charge in [0.05, 0.1) is 13.2 Å². The number of esters is 1. The van der Waals surface area contributed by atoms with Crippen LogP contribution in [0.15, 0.2) is 18.2 Å². The Bertz CT molecular complexity index is 457. The molecule has 118 valence electrons. The first-order valence-corrected chi connectivity index (χ1v) is 7.56. The highest BCUT2D eigenvalue weighted by molar-refractivity contribution is 5.75. The molecule has 4 heteroatoms. The van der Waals surface area contributed by atoms with E-state index in [0.29, 0.717) is 19.6 Å². The third kappa shape index (κ3) is 6.17. The van der Waals surface area contributed by atoms with Crippen molar-refractivity contribution < 1.29 is 14.3 Å². The average molecular weight is 293 g/mol. The molecule has 0 radical (unpaired) electrons. The molecule has 0 spiro atoms. The number of carbonyl (C=O) groups excluding carboxylic acids is 1. The maximum Gasteiger partial charge on any atom is 0.323 e. The molecule has 1 aromatic rings. The van der Waals surface area contributed by atoms with Crippen molar-refractivity contribution in [3.63, 3.8) is 0 Å². The van der Waals surface area contributed by atoms with Gasteiger partial charge in [-0.05, 0) is 32.4 Å². The van der Waals surface area contributed by atoms with Gasteiger partial charge in [-0.1, -0.05) is 31.5 Å². The number of aryl methyl sites for hydroxylation is 2. The lowest BCUT2D eigenvalue weighted by Crippen LogP contribution is -2.42. The Morgan fingerprint density at radius 3 is 2.57 bits per heavy atom. The lowest BCUT2D eigenvalue weighted by Gasteiger charge is -2.20. The number of carbonyl (C=O) groups is 1. The van der Waals surface area contributed by atoms with Gasteiger partial charge in [0, 0.05) is 12.5 Å². The third-order valence-corrected chi connectivity index (χ3v) is 3.10. The first-order valence-electron chi connectivity index (χ1n) is 7.56. The summed E-state index contributed by atoms with van der Waals surface area (Å²) in [7, 11) is 0. The minimum Gasteiger partial charge on any atom is -0.493 e. The van der Waals surface area contributed by atoms with Crippen molar-refractivity contribution >= 4 is 5.97 Å². The van der Waals surface area contributed by atoms with E-state index in [-0.39, 0.29) is 18.1 Å². The summed E-state index contributed by atoms with van der Waals surface area (Å²) in [5, 5.41) is 3.22. The largest absolute Gasteiger partial charge is 0.493 e. The second kappa shape index (κ2) is 8.67. The van der Waals surface area contributed by atoms with Gasteiger partial charge in [-0.2, -0.15) is 0 Å². The van der Waals surface area contributed by atoms with Gasteiger partial charge >= 0.3 is 5.97 Å². The van der Waals surface area contributed by atoms with Gasteiger partial charge < -0.3 is 14.8 Å². The number of rotatable bonds is 8. The number of hydrogen-bond acceptors (Lipinski definition) is 4. The van der Waals surface area contributed by atoms with Gasteiger partial charge in [-0.3, -0.25) is 4.79 Å². The van der Waals surface area contributed by atoms with Crippen LogP contribution in [0.2, 0.25) is 0 Å². The van der Waals surface area contributed by atoms with E-state index in [1.165, 1.54) is 5.56 Å². The minimum atomic E-state index is -0.323. The average Bonchev–Trinajstić information content (AvgIpc) is 2.39. The van der Waals surface area contributed by atoms with Crippen LogP contribution in [0.1, 0.15) is 38.3 Å². The molecule has 0 fully saturated rings. The molecule has 1 atom stereocenters. The van der Waals surface area contributed by atoms with Crippen LogP contribution >= 0.6 is 0 Å². The van der Waals surface area contributed by atoms with Crippen molar-refractivity contribution in [2.24, 2.45) is 0 Å². The molecule has 0 aromatic heterocycles. The second-order valence-corrected chi connectivity index (χ2v) is 5.53. The highest BCUT2D eigenvalue weighted by Gasteiger charge is 2.20. The van der Waals surface area contributed by atoms with Crippen molar-refractivity contribution in [3.05, 3.63) is 29.3 Å². The molecule has 0 amide bonds.